The van der Waals surface area contributed by atoms with Crippen molar-refractivity contribution in [3.8, 4) is 5.75 Å². The van der Waals surface area contributed by atoms with Crippen LogP contribution in [-0.2, 0) is 21.2 Å². The number of amides is 1. The summed E-state index contributed by atoms with van der Waals surface area (Å²) in [5.41, 5.74) is 1.14. The molecule has 0 radical (unpaired) electrons. The van der Waals surface area contributed by atoms with E-state index in [1.54, 1.807) is 12.1 Å². The summed E-state index contributed by atoms with van der Waals surface area (Å²) in [5, 5.41) is 2.79. The fraction of sp³-hybridized carbons (Fsp3) is 0.316. The van der Waals surface area contributed by atoms with E-state index in [1.165, 1.54) is 12.1 Å². The number of carbonyl (C=O) groups is 1. The van der Waals surface area contributed by atoms with Gasteiger partial charge in [0.2, 0.25) is 15.9 Å². The third-order valence-electron chi connectivity index (χ3n) is 3.67. The monoisotopic (exact) mass is 376 g/mol. The van der Waals surface area contributed by atoms with E-state index < -0.39 is 10.0 Å². The lowest BCUT2D eigenvalue weighted by molar-refractivity contribution is -0.120. The van der Waals surface area contributed by atoms with Crippen molar-refractivity contribution in [2.24, 2.45) is 0 Å². The minimum atomic E-state index is -3.64. The number of hydrogen-bond acceptors (Lipinski definition) is 4. The topological polar surface area (TPSA) is 84.5 Å². The van der Waals surface area contributed by atoms with Gasteiger partial charge in [0, 0.05) is 19.5 Å². The largest absolute Gasteiger partial charge is 0.494 e. The van der Waals surface area contributed by atoms with E-state index in [-0.39, 0.29) is 23.8 Å². The van der Waals surface area contributed by atoms with E-state index in [9.17, 15) is 13.2 Å². The van der Waals surface area contributed by atoms with Crippen LogP contribution in [0, 0.1) is 0 Å². The maximum Gasteiger partial charge on any atom is 0.240 e. The van der Waals surface area contributed by atoms with Crippen LogP contribution < -0.4 is 14.8 Å². The van der Waals surface area contributed by atoms with Crippen molar-refractivity contribution in [1.82, 2.24) is 10.0 Å². The van der Waals surface area contributed by atoms with E-state index in [0.29, 0.717) is 18.9 Å². The maximum atomic E-state index is 12.2. The first-order valence-corrected chi connectivity index (χ1v) is 10.0. The Morgan fingerprint density at radius 3 is 2.35 bits per heavy atom. The maximum absolute atomic E-state index is 12.2. The van der Waals surface area contributed by atoms with Gasteiger partial charge in [0.15, 0.2) is 0 Å². The summed E-state index contributed by atoms with van der Waals surface area (Å²) in [6.45, 7) is 2.95. The SMILES string of the molecule is CCOc1ccc(S(=O)(=O)NCCC(=O)NCCc2ccccc2)cc1. The average molecular weight is 376 g/mol. The van der Waals surface area contributed by atoms with E-state index in [4.69, 9.17) is 4.74 Å². The molecule has 0 saturated carbocycles. The molecule has 0 aliphatic rings. The molecule has 0 aromatic heterocycles. The second-order valence-corrected chi connectivity index (χ2v) is 7.40. The molecular formula is C19H24N2O4S. The highest BCUT2D eigenvalue weighted by Gasteiger charge is 2.14. The van der Waals surface area contributed by atoms with Crippen LogP contribution >= 0.6 is 0 Å². The van der Waals surface area contributed by atoms with Gasteiger partial charge in [-0.3, -0.25) is 4.79 Å². The molecule has 2 rings (SSSR count). The van der Waals surface area contributed by atoms with Gasteiger partial charge in [0.25, 0.3) is 0 Å². The summed E-state index contributed by atoms with van der Waals surface area (Å²) in [6.07, 6.45) is 0.829. The molecule has 0 heterocycles. The van der Waals surface area contributed by atoms with Gasteiger partial charge in [-0.05, 0) is 43.2 Å². The van der Waals surface area contributed by atoms with Crippen LogP contribution in [0.15, 0.2) is 59.5 Å². The second kappa shape index (κ2) is 9.94. The predicted octanol–water partition coefficient (Wildman–Crippen LogP) is 2.11. The van der Waals surface area contributed by atoms with Crippen LogP contribution in [0.1, 0.15) is 18.9 Å². The molecule has 140 valence electrons. The van der Waals surface area contributed by atoms with Gasteiger partial charge in [0.1, 0.15) is 5.75 Å². The number of hydrogen-bond donors (Lipinski definition) is 2. The Morgan fingerprint density at radius 2 is 1.69 bits per heavy atom. The van der Waals surface area contributed by atoms with E-state index >= 15 is 0 Å². The number of rotatable bonds is 10. The van der Waals surface area contributed by atoms with Gasteiger partial charge in [-0.2, -0.15) is 0 Å². The predicted molar refractivity (Wildman–Crippen MR) is 101 cm³/mol. The summed E-state index contributed by atoms with van der Waals surface area (Å²) in [5.74, 6) is 0.430. The molecule has 7 heteroatoms. The number of ether oxygens (including phenoxy) is 1. The van der Waals surface area contributed by atoms with Gasteiger partial charge in [0.05, 0.1) is 11.5 Å². The van der Waals surface area contributed by atoms with E-state index in [2.05, 4.69) is 10.0 Å². The second-order valence-electron chi connectivity index (χ2n) is 5.64. The standard InChI is InChI=1S/C19H24N2O4S/c1-2-25-17-8-10-18(11-9-17)26(23,24)21-15-13-19(22)20-14-12-16-6-4-3-5-7-16/h3-11,21H,2,12-15H2,1H3,(H,20,22). The molecule has 0 fully saturated rings. The van der Waals surface area contributed by atoms with Gasteiger partial charge < -0.3 is 10.1 Å². The van der Waals surface area contributed by atoms with Crippen molar-refractivity contribution in [3.63, 3.8) is 0 Å². The lowest BCUT2D eigenvalue weighted by Crippen LogP contribution is -2.31. The van der Waals surface area contributed by atoms with Crippen LogP contribution in [-0.4, -0.2) is 34.0 Å². The van der Waals surface area contributed by atoms with Gasteiger partial charge >= 0.3 is 0 Å². The van der Waals surface area contributed by atoms with Crippen LogP contribution in [0.4, 0.5) is 0 Å². The van der Waals surface area contributed by atoms with Gasteiger partial charge in [-0.15, -0.1) is 0 Å². The van der Waals surface area contributed by atoms with Crippen LogP contribution in [0.25, 0.3) is 0 Å². The molecule has 2 aromatic carbocycles. The number of sulfonamides is 1. The van der Waals surface area contributed by atoms with Crippen molar-refractivity contribution in [3.05, 3.63) is 60.2 Å². The van der Waals surface area contributed by atoms with Crippen molar-refractivity contribution >= 4 is 15.9 Å². The fourth-order valence-electron chi connectivity index (χ4n) is 2.34. The molecule has 0 spiro atoms. The molecule has 2 N–H and O–H groups in total. The minimum Gasteiger partial charge on any atom is -0.494 e. The zero-order valence-electron chi connectivity index (χ0n) is 14.8. The Bertz CT molecular complexity index is 790. The first-order valence-electron chi connectivity index (χ1n) is 8.54. The Balaban J connectivity index is 1.72. The fourth-order valence-corrected chi connectivity index (χ4v) is 3.38. The first-order chi connectivity index (χ1) is 12.5. The van der Waals surface area contributed by atoms with Gasteiger partial charge in [-0.25, -0.2) is 13.1 Å². The molecule has 1 amide bonds. The molecular weight excluding hydrogens is 352 g/mol. The third kappa shape index (κ3) is 6.50. The summed E-state index contributed by atoms with van der Waals surface area (Å²) in [4.78, 5) is 12.0. The highest BCUT2D eigenvalue weighted by atomic mass is 32.2. The van der Waals surface area contributed by atoms with Crippen molar-refractivity contribution in [2.75, 3.05) is 19.7 Å². The first kappa shape index (κ1) is 19.9. The lowest BCUT2D eigenvalue weighted by Gasteiger charge is -2.09. The zero-order valence-corrected chi connectivity index (χ0v) is 15.6. The number of benzene rings is 2. The lowest BCUT2D eigenvalue weighted by atomic mass is 10.1. The Morgan fingerprint density at radius 1 is 1.00 bits per heavy atom. The molecule has 0 aliphatic heterocycles. The van der Waals surface area contributed by atoms with Crippen LogP contribution in [0.3, 0.4) is 0 Å². The zero-order chi connectivity index (χ0) is 18.8. The Hall–Kier alpha value is -2.38. The molecule has 0 bridgehead atoms. The molecule has 2 aromatic rings. The Kier molecular flexibility index (Phi) is 7.62. The molecule has 26 heavy (non-hydrogen) atoms. The van der Waals surface area contributed by atoms with Crippen molar-refractivity contribution in [2.45, 2.75) is 24.7 Å². The number of nitrogens with one attached hydrogen (secondary N) is 2. The minimum absolute atomic E-state index is 0.0483. The molecule has 0 atom stereocenters. The van der Waals surface area contributed by atoms with Crippen molar-refractivity contribution < 1.29 is 17.9 Å². The van der Waals surface area contributed by atoms with Gasteiger partial charge in [-0.1, -0.05) is 30.3 Å². The summed E-state index contributed by atoms with van der Waals surface area (Å²) >= 11 is 0. The molecule has 6 nitrogen and oxygen atoms in total. The van der Waals surface area contributed by atoms with Crippen LogP contribution in [0.2, 0.25) is 0 Å². The van der Waals surface area contributed by atoms with Crippen molar-refractivity contribution in [1.29, 1.82) is 0 Å². The summed E-state index contributed by atoms with van der Waals surface area (Å²) in [6, 6.07) is 16.0. The normalized spacial score (nSPS) is 11.1. The molecule has 0 aliphatic carbocycles. The molecule has 0 saturated heterocycles. The highest BCUT2D eigenvalue weighted by molar-refractivity contribution is 7.89. The Labute approximate surface area is 154 Å². The summed E-state index contributed by atoms with van der Waals surface area (Å²) in [7, 11) is -3.64. The summed E-state index contributed by atoms with van der Waals surface area (Å²) < 4.78 is 32.1. The van der Waals surface area contributed by atoms with Crippen LogP contribution in [0.5, 0.6) is 5.75 Å². The average Bonchev–Trinajstić information content (AvgIpc) is 2.63. The quantitative estimate of drug-likeness (QED) is 0.665. The van der Waals surface area contributed by atoms with E-state index in [0.717, 1.165) is 12.0 Å². The highest BCUT2D eigenvalue weighted by Crippen LogP contribution is 2.15. The number of carbonyl (C=O) groups excluding carboxylic acids is 1. The molecule has 0 unspecified atom stereocenters. The smallest absolute Gasteiger partial charge is 0.240 e. The van der Waals surface area contributed by atoms with E-state index in [1.807, 2.05) is 37.3 Å². The third-order valence-corrected chi connectivity index (χ3v) is 5.14.